The number of amides is 2. The van der Waals surface area contributed by atoms with E-state index in [-0.39, 0.29) is 17.9 Å². The third-order valence-corrected chi connectivity index (χ3v) is 6.12. The molecule has 1 aliphatic heterocycles. The summed E-state index contributed by atoms with van der Waals surface area (Å²) < 4.78 is 1.96. The van der Waals surface area contributed by atoms with E-state index in [2.05, 4.69) is 15.6 Å². The van der Waals surface area contributed by atoms with E-state index in [4.69, 9.17) is 0 Å². The molecule has 2 N–H and O–H groups in total. The summed E-state index contributed by atoms with van der Waals surface area (Å²) in [5, 5.41) is 6.15. The zero-order chi connectivity index (χ0) is 20.4. The fourth-order valence-electron chi connectivity index (χ4n) is 4.45. The van der Waals surface area contributed by atoms with Crippen LogP contribution in [0.2, 0.25) is 0 Å². The van der Waals surface area contributed by atoms with Crippen LogP contribution in [0, 0.1) is 13.8 Å². The van der Waals surface area contributed by atoms with Crippen molar-refractivity contribution in [2.24, 2.45) is 0 Å². The summed E-state index contributed by atoms with van der Waals surface area (Å²) in [4.78, 5) is 30.6. The first kappa shape index (κ1) is 19.7. The summed E-state index contributed by atoms with van der Waals surface area (Å²) in [6.45, 7) is 4.72. The maximum atomic E-state index is 13.1. The first-order chi connectivity index (χ1) is 14.0. The number of aromatic nitrogens is 2. The van der Waals surface area contributed by atoms with Crippen molar-refractivity contribution < 1.29 is 9.59 Å². The largest absolute Gasteiger partial charge is 0.347 e. The Kier molecular flexibility index (Phi) is 5.69. The highest BCUT2D eigenvalue weighted by molar-refractivity contribution is 6.05. The minimum absolute atomic E-state index is 0.147. The molecule has 6 heteroatoms. The number of fused-ring (bicyclic) bond motifs is 1. The smallest absolute Gasteiger partial charge is 0.287 e. The fraction of sp³-hybridized carbons (Fsp3) is 0.522. The summed E-state index contributed by atoms with van der Waals surface area (Å²) in [6.07, 6.45) is 8.41. The van der Waals surface area contributed by atoms with E-state index in [0.29, 0.717) is 11.5 Å². The lowest BCUT2D eigenvalue weighted by Gasteiger charge is -2.23. The number of nitrogens with one attached hydrogen (secondary N) is 2. The molecule has 0 unspecified atom stereocenters. The Morgan fingerprint density at radius 2 is 1.83 bits per heavy atom. The zero-order valence-electron chi connectivity index (χ0n) is 17.4. The van der Waals surface area contributed by atoms with Crippen molar-refractivity contribution in [2.45, 2.75) is 77.8 Å². The van der Waals surface area contributed by atoms with Crippen LogP contribution in [0.3, 0.4) is 0 Å². The summed E-state index contributed by atoms with van der Waals surface area (Å²) in [6, 6.07) is 6.21. The van der Waals surface area contributed by atoms with Crippen molar-refractivity contribution in [3.63, 3.8) is 0 Å². The molecule has 0 atom stereocenters. The van der Waals surface area contributed by atoms with Crippen LogP contribution >= 0.6 is 0 Å². The van der Waals surface area contributed by atoms with Gasteiger partial charge >= 0.3 is 0 Å². The number of imidazole rings is 1. The van der Waals surface area contributed by atoms with Gasteiger partial charge in [-0.1, -0.05) is 31.4 Å². The Labute approximate surface area is 172 Å². The van der Waals surface area contributed by atoms with Crippen LogP contribution in [-0.2, 0) is 13.0 Å². The van der Waals surface area contributed by atoms with E-state index in [0.717, 1.165) is 74.0 Å². The number of rotatable bonds is 4. The molecule has 0 saturated heterocycles. The van der Waals surface area contributed by atoms with Crippen molar-refractivity contribution in [3.05, 3.63) is 46.5 Å². The van der Waals surface area contributed by atoms with Gasteiger partial charge in [-0.3, -0.25) is 9.59 Å². The van der Waals surface area contributed by atoms with E-state index in [9.17, 15) is 9.59 Å². The quantitative estimate of drug-likeness (QED) is 0.818. The lowest BCUT2D eigenvalue weighted by Crippen LogP contribution is -2.37. The highest BCUT2D eigenvalue weighted by atomic mass is 16.2. The van der Waals surface area contributed by atoms with Crippen molar-refractivity contribution >= 4 is 17.5 Å². The Bertz CT molecular complexity index is 925. The van der Waals surface area contributed by atoms with Gasteiger partial charge in [-0.2, -0.15) is 0 Å². The van der Waals surface area contributed by atoms with Crippen molar-refractivity contribution in [1.29, 1.82) is 0 Å². The molecule has 0 spiro atoms. The van der Waals surface area contributed by atoms with E-state index in [1.54, 1.807) is 0 Å². The van der Waals surface area contributed by atoms with Crippen LogP contribution in [-0.4, -0.2) is 27.4 Å². The van der Waals surface area contributed by atoms with Crippen molar-refractivity contribution in [3.8, 4) is 0 Å². The number of benzene rings is 1. The summed E-state index contributed by atoms with van der Waals surface area (Å²) in [5.74, 6) is 0.00305. The number of carbonyl (C=O) groups is 2. The van der Waals surface area contributed by atoms with Crippen LogP contribution in [0.25, 0.3) is 0 Å². The van der Waals surface area contributed by atoms with Gasteiger partial charge in [-0.15, -0.1) is 0 Å². The summed E-state index contributed by atoms with van der Waals surface area (Å²) in [7, 11) is 0. The predicted molar refractivity (Wildman–Crippen MR) is 113 cm³/mol. The summed E-state index contributed by atoms with van der Waals surface area (Å²) >= 11 is 0. The van der Waals surface area contributed by atoms with Gasteiger partial charge in [0.15, 0.2) is 11.5 Å². The number of aryl methyl sites for hydroxylation is 2. The molecule has 6 nitrogen and oxygen atoms in total. The molecule has 2 heterocycles. The topological polar surface area (TPSA) is 76.0 Å². The molecule has 1 aromatic heterocycles. The molecular formula is C23H30N4O2. The predicted octanol–water partition coefficient (Wildman–Crippen LogP) is 4.15. The minimum Gasteiger partial charge on any atom is -0.347 e. The van der Waals surface area contributed by atoms with Gasteiger partial charge in [0.1, 0.15) is 0 Å². The second kappa shape index (κ2) is 8.39. The molecule has 4 rings (SSSR count). The molecule has 2 amide bonds. The van der Waals surface area contributed by atoms with Gasteiger partial charge < -0.3 is 15.2 Å². The van der Waals surface area contributed by atoms with Crippen molar-refractivity contribution in [2.75, 3.05) is 5.32 Å². The molecular weight excluding hydrogens is 364 g/mol. The second-order valence-electron chi connectivity index (χ2n) is 8.42. The van der Waals surface area contributed by atoms with Crippen LogP contribution < -0.4 is 10.6 Å². The number of hydrogen-bond acceptors (Lipinski definition) is 3. The molecule has 1 aliphatic carbocycles. The Hall–Kier alpha value is -2.63. The maximum Gasteiger partial charge on any atom is 0.287 e. The van der Waals surface area contributed by atoms with E-state index >= 15 is 0 Å². The van der Waals surface area contributed by atoms with Gasteiger partial charge in [0.2, 0.25) is 0 Å². The van der Waals surface area contributed by atoms with E-state index in [1.807, 2.05) is 36.6 Å². The number of carbonyl (C=O) groups excluding carboxylic acids is 2. The Morgan fingerprint density at radius 3 is 2.62 bits per heavy atom. The van der Waals surface area contributed by atoms with Gasteiger partial charge in [0, 0.05) is 18.3 Å². The molecule has 1 saturated carbocycles. The maximum absolute atomic E-state index is 13.1. The second-order valence-corrected chi connectivity index (χ2v) is 8.42. The highest BCUT2D eigenvalue weighted by Gasteiger charge is 2.29. The SMILES string of the molecule is Cc1ccc(C)c(NC(=O)c2nc(C(=O)NC3CCCCC3)n3c2CCCC3)c1. The van der Waals surface area contributed by atoms with Gasteiger partial charge in [0.25, 0.3) is 11.8 Å². The Morgan fingerprint density at radius 1 is 1.03 bits per heavy atom. The number of nitrogens with zero attached hydrogens (tertiary/aromatic N) is 2. The fourth-order valence-corrected chi connectivity index (χ4v) is 4.45. The average Bonchev–Trinajstić information content (AvgIpc) is 3.11. The molecule has 29 heavy (non-hydrogen) atoms. The third-order valence-electron chi connectivity index (χ3n) is 6.12. The standard InChI is InChI=1S/C23H30N4O2/c1-15-11-12-16(2)18(14-15)25-22(28)20-19-10-6-7-13-27(19)21(26-20)23(29)24-17-8-4-3-5-9-17/h11-12,14,17H,3-10,13H2,1-2H3,(H,24,29)(H,25,28). The first-order valence-electron chi connectivity index (χ1n) is 10.8. The third kappa shape index (κ3) is 4.21. The molecule has 1 aromatic carbocycles. The number of anilines is 1. The Balaban J connectivity index is 1.59. The molecule has 0 bridgehead atoms. The van der Waals surface area contributed by atoms with Gasteiger partial charge in [-0.05, 0) is 63.1 Å². The van der Waals surface area contributed by atoms with Gasteiger partial charge in [0.05, 0.1) is 5.69 Å². The highest BCUT2D eigenvalue weighted by Crippen LogP contribution is 2.24. The van der Waals surface area contributed by atoms with Crippen LogP contribution in [0.15, 0.2) is 18.2 Å². The number of hydrogen-bond donors (Lipinski definition) is 2. The normalized spacial score (nSPS) is 16.9. The molecule has 154 valence electrons. The van der Waals surface area contributed by atoms with Crippen LogP contribution in [0.4, 0.5) is 5.69 Å². The molecule has 1 fully saturated rings. The van der Waals surface area contributed by atoms with Gasteiger partial charge in [-0.25, -0.2) is 4.98 Å². The lowest BCUT2D eigenvalue weighted by molar-refractivity contribution is 0.0911. The lowest BCUT2D eigenvalue weighted by atomic mass is 9.95. The first-order valence-corrected chi connectivity index (χ1v) is 10.8. The van der Waals surface area contributed by atoms with Crippen molar-refractivity contribution in [1.82, 2.24) is 14.9 Å². The monoisotopic (exact) mass is 394 g/mol. The van der Waals surface area contributed by atoms with Crippen LogP contribution in [0.1, 0.15) is 82.9 Å². The summed E-state index contributed by atoms with van der Waals surface area (Å²) in [5.41, 5.74) is 4.16. The zero-order valence-corrected chi connectivity index (χ0v) is 17.4. The van der Waals surface area contributed by atoms with E-state index < -0.39 is 0 Å². The van der Waals surface area contributed by atoms with Crippen LogP contribution in [0.5, 0.6) is 0 Å². The molecule has 2 aliphatic rings. The minimum atomic E-state index is -0.235. The molecule has 2 aromatic rings. The molecule has 0 radical (unpaired) electrons. The van der Waals surface area contributed by atoms with E-state index in [1.165, 1.54) is 6.42 Å². The average molecular weight is 395 g/mol.